The molecule has 0 fully saturated rings. The zero-order valence-electron chi connectivity index (χ0n) is 10.4. The number of benzene rings is 1. The van der Waals surface area contributed by atoms with Crippen molar-refractivity contribution in [3.63, 3.8) is 0 Å². The van der Waals surface area contributed by atoms with Crippen LogP contribution in [0.3, 0.4) is 0 Å². The normalized spacial score (nSPS) is 13.9. The smallest absolute Gasteiger partial charge is 0.161 e. The molecule has 98 valence electrons. The molecule has 1 aliphatic heterocycles. The van der Waals surface area contributed by atoms with E-state index in [1.165, 1.54) is 0 Å². The zero-order valence-corrected chi connectivity index (χ0v) is 10.4. The van der Waals surface area contributed by atoms with Crippen molar-refractivity contribution < 1.29 is 14.6 Å². The summed E-state index contributed by atoms with van der Waals surface area (Å²) in [6.07, 6.45) is 2.52. The van der Waals surface area contributed by atoms with Gasteiger partial charge in [0.1, 0.15) is 6.61 Å². The Hall–Kier alpha value is -2.14. The van der Waals surface area contributed by atoms with Gasteiger partial charge in [-0.1, -0.05) is 0 Å². The van der Waals surface area contributed by atoms with Crippen LogP contribution in [0.4, 0.5) is 0 Å². The lowest BCUT2D eigenvalue weighted by Crippen LogP contribution is -1.97. The van der Waals surface area contributed by atoms with Gasteiger partial charge in [-0.3, -0.25) is 0 Å². The van der Waals surface area contributed by atoms with Crippen LogP contribution in [0.5, 0.6) is 11.5 Å². The fraction of sp³-hybridized carbons (Fsp3) is 0.286. The summed E-state index contributed by atoms with van der Waals surface area (Å²) >= 11 is 0. The van der Waals surface area contributed by atoms with Crippen LogP contribution in [0.2, 0.25) is 0 Å². The summed E-state index contributed by atoms with van der Waals surface area (Å²) in [5.41, 5.74) is 1.68. The van der Waals surface area contributed by atoms with Gasteiger partial charge in [0.25, 0.3) is 0 Å². The molecule has 1 aromatic carbocycles. The lowest BCUT2D eigenvalue weighted by atomic mass is 10.1. The van der Waals surface area contributed by atoms with Crippen molar-refractivity contribution in [2.24, 2.45) is 0 Å². The number of aliphatic hydroxyl groups excluding tert-OH is 1. The second kappa shape index (κ2) is 5.24. The fourth-order valence-corrected chi connectivity index (χ4v) is 1.96. The summed E-state index contributed by atoms with van der Waals surface area (Å²) in [5.74, 6) is 1.90. The van der Waals surface area contributed by atoms with Gasteiger partial charge in [-0.05, 0) is 24.3 Å². The lowest BCUT2D eigenvalue weighted by molar-refractivity contribution is 0.271. The molecule has 0 aliphatic carbocycles. The maximum Gasteiger partial charge on any atom is 0.161 e. The first-order valence-electron chi connectivity index (χ1n) is 6.19. The van der Waals surface area contributed by atoms with Gasteiger partial charge in [-0.25, -0.2) is 9.97 Å². The molecule has 0 spiro atoms. The second-order valence-corrected chi connectivity index (χ2v) is 4.23. The highest BCUT2D eigenvalue weighted by atomic mass is 16.5. The van der Waals surface area contributed by atoms with Crippen molar-refractivity contribution in [3.05, 3.63) is 36.3 Å². The molecule has 1 aromatic heterocycles. The van der Waals surface area contributed by atoms with Crippen molar-refractivity contribution in [1.29, 1.82) is 0 Å². The molecular formula is C14H14N2O3. The molecule has 0 amide bonds. The topological polar surface area (TPSA) is 64.5 Å². The number of hydrogen-bond acceptors (Lipinski definition) is 5. The van der Waals surface area contributed by atoms with Crippen LogP contribution in [0, 0.1) is 0 Å². The molecule has 0 unspecified atom stereocenters. The van der Waals surface area contributed by atoms with E-state index in [2.05, 4.69) is 9.97 Å². The van der Waals surface area contributed by atoms with Crippen molar-refractivity contribution in [1.82, 2.24) is 9.97 Å². The predicted molar refractivity (Wildman–Crippen MR) is 69.0 cm³/mol. The van der Waals surface area contributed by atoms with Crippen molar-refractivity contribution in [3.8, 4) is 22.8 Å². The van der Waals surface area contributed by atoms with Gasteiger partial charge < -0.3 is 14.6 Å². The molecule has 0 radical (unpaired) electrons. The first-order valence-corrected chi connectivity index (χ1v) is 6.19. The molecule has 1 N–H and O–H groups in total. The van der Waals surface area contributed by atoms with Crippen LogP contribution >= 0.6 is 0 Å². The summed E-state index contributed by atoms with van der Waals surface area (Å²) in [6.45, 7) is 1.16. The summed E-state index contributed by atoms with van der Waals surface area (Å²) in [5, 5.41) is 9.07. The minimum Gasteiger partial charge on any atom is -0.490 e. The molecule has 3 rings (SSSR count). The standard InChI is InChI=1S/C14H14N2O3/c17-9-14-15-5-4-11(16-14)10-2-3-12-13(8-10)19-7-1-6-18-12/h2-5,8,17H,1,6-7,9H2. The highest BCUT2D eigenvalue weighted by Gasteiger charge is 2.12. The minimum absolute atomic E-state index is 0.168. The number of aliphatic hydroxyl groups is 1. The Morgan fingerprint density at radius 2 is 1.95 bits per heavy atom. The summed E-state index contributed by atoms with van der Waals surface area (Å²) in [4.78, 5) is 8.25. The molecule has 0 bridgehead atoms. The Labute approximate surface area is 110 Å². The predicted octanol–water partition coefficient (Wildman–Crippen LogP) is 1.80. The van der Waals surface area contributed by atoms with Gasteiger partial charge in [0.2, 0.25) is 0 Å². The third-order valence-electron chi connectivity index (χ3n) is 2.89. The summed E-state index contributed by atoms with van der Waals surface area (Å²) in [6, 6.07) is 7.52. The minimum atomic E-state index is -0.168. The zero-order chi connectivity index (χ0) is 13.1. The van der Waals surface area contributed by atoms with Crippen LogP contribution in [-0.4, -0.2) is 28.3 Å². The number of aromatic nitrogens is 2. The molecule has 0 atom stereocenters. The van der Waals surface area contributed by atoms with Crippen LogP contribution in [-0.2, 0) is 6.61 Å². The quantitative estimate of drug-likeness (QED) is 0.889. The third-order valence-corrected chi connectivity index (χ3v) is 2.89. The van der Waals surface area contributed by atoms with E-state index in [-0.39, 0.29) is 6.61 Å². The van der Waals surface area contributed by atoms with E-state index < -0.39 is 0 Å². The van der Waals surface area contributed by atoms with Gasteiger partial charge in [0, 0.05) is 18.2 Å². The fourth-order valence-electron chi connectivity index (χ4n) is 1.96. The molecule has 0 saturated heterocycles. The average Bonchev–Trinajstić information content (AvgIpc) is 2.71. The molecule has 5 nitrogen and oxygen atoms in total. The number of rotatable bonds is 2. The van der Waals surface area contributed by atoms with Crippen LogP contribution in [0.15, 0.2) is 30.5 Å². The largest absolute Gasteiger partial charge is 0.490 e. The Balaban J connectivity index is 1.98. The Kier molecular flexibility index (Phi) is 3.29. The molecule has 2 aromatic rings. The maximum absolute atomic E-state index is 9.07. The van der Waals surface area contributed by atoms with Crippen molar-refractivity contribution in [2.75, 3.05) is 13.2 Å². The lowest BCUT2D eigenvalue weighted by Gasteiger charge is -2.09. The Bertz CT molecular complexity index is 587. The van der Waals surface area contributed by atoms with E-state index in [9.17, 15) is 0 Å². The van der Waals surface area contributed by atoms with Gasteiger partial charge >= 0.3 is 0 Å². The van der Waals surface area contributed by atoms with Crippen LogP contribution in [0.25, 0.3) is 11.3 Å². The Morgan fingerprint density at radius 1 is 1.11 bits per heavy atom. The molecule has 5 heteroatoms. The maximum atomic E-state index is 9.07. The van der Waals surface area contributed by atoms with Crippen LogP contribution < -0.4 is 9.47 Å². The molecule has 0 saturated carbocycles. The van der Waals surface area contributed by atoms with Crippen molar-refractivity contribution in [2.45, 2.75) is 13.0 Å². The number of ether oxygens (including phenoxy) is 2. The molecule has 19 heavy (non-hydrogen) atoms. The Morgan fingerprint density at radius 3 is 2.79 bits per heavy atom. The van der Waals surface area contributed by atoms with Gasteiger partial charge in [0.15, 0.2) is 17.3 Å². The van der Waals surface area contributed by atoms with E-state index in [1.54, 1.807) is 12.3 Å². The van der Waals surface area contributed by atoms with Crippen molar-refractivity contribution >= 4 is 0 Å². The van der Waals surface area contributed by atoms with Gasteiger partial charge in [0.05, 0.1) is 18.9 Å². The summed E-state index contributed by atoms with van der Waals surface area (Å²) in [7, 11) is 0. The third kappa shape index (κ3) is 2.51. The average molecular weight is 258 g/mol. The molecule has 2 heterocycles. The number of fused-ring (bicyclic) bond motifs is 1. The van der Waals surface area contributed by atoms with E-state index >= 15 is 0 Å². The van der Waals surface area contributed by atoms with Gasteiger partial charge in [-0.2, -0.15) is 0 Å². The number of nitrogens with zero attached hydrogens (tertiary/aromatic N) is 2. The van der Waals surface area contributed by atoms with Gasteiger partial charge in [-0.15, -0.1) is 0 Å². The SMILES string of the molecule is OCc1nccc(-c2ccc3c(c2)OCCCO3)n1. The second-order valence-electron chi connectivity index (χ2n) is 4.23. The van der Waals surface area contributed by atoms with E-state index in [0.29, 0.717) is 19.0 Å². The highest BCUT2D eigenvalue weighted by Crippen LogP contribution is 2.33. The van der Waals surface area contributed by atoms with Crippen LogP contribution in [0.1, 0.15) is 12.2 Å². The first-order chi connectivity index (χ1) is 9.36. The van der Waals surface area contributed by atoms with E-state index in [4.69, 9.17) is 14.6 Å². The molecule has 1 aliphatic rings. The number of hydrogen-bond donors (Lipinski definition) is 1. The highest BCUT2D eigenvalue weighted by molar-refractivity contribution is 5.63. The monoisotopic (exact) mass is 258 g/mol. The van der Waals surface area contributed by atoms with E-state index in [0.717, 1.165) is 29.2 Å². The van der Waals surface area contributed by atoms with E-state index in [1.807, 2.05) is 18.2 Å². The first kappa shape index (κ1) is 11.9. The molecular weight excluding hydrogens is 244 g/mol. The summed E-state index contributed by atoms with van der Waals surface area (Å²) < 4.78 is 11.2.